The van der Waals surface area contributed by atoms with Crippen molar-refractivity contribution in [2.75, 3.05) is 14.2 Å². The molecule has 6 nitrogen and oxygen atoms in total. The number of aryl methyl sites for hydroxylation is 1. The minimum Gasteiger partial charge on any atom is -0.496 e. The first-order valence-electron chi connectivity index (χ1n) is 8.67. The first-order valence-corrected chi connectivity index (χ1v) is 9.49. The van der Waals surface area contributed by atoms with Gasteiger partial charge in [-0.1, -0.05) is 12.1 Å². The first-order chi connectivity index (χ1) is 13.9. The molecule has 0 saturated carbocycles. The molecule has 0 aliphatic rings. The summed E-state index contributed by atoms with van der Waals surface area (Å²) in [6.45, 7) is 1.93. The van der Waals surface area contributed by atoms with Gasteiger partial charge >= 0.3 is 5.97 Å². The van der Waals surface area contributed by atoms with Crippen molar-refractivity contribution in [3.05, 3.63) is 70.4 Å². The molecule has 0 amide bonds. The number of carboxylic acids is 1. The summed E-state index contributed by atoms with van der Waals surface area (Å²) in [5.74, 6) is -0.0568. The topological polar surface area (TPSA) is 85.7 Å². The SMILES string of the molecule is COc1cc(OC)c(-c2cnc(C)s2)cc1/C=C/C(=O)c1ccc(C(=O)O)cc1. The number of carboxylic acid groups (broad SMARTS) is 1. The van der Waals surface area contributed by atoms with Gasteiger partial charge in [-0.05, 0) is 37.3 Å². The molecule has 0 radical (unpaired) electrons. The molecule has 7 heteroatoms. The second-order valence-corrected chi connectivity index (χ2v) is 7.35. The summed E-state index contributed by atoms with van der Waals surface area (Å²) < 4.78 is 10.9. The molecular weight excluding hydrogens is 390 g/mol. The number of carbonyl (C=O) groups is 2. The van der Waals surface area contributed by atoms with E-state index in [0.717, 1.165) is 15.4 Å². The summed E-state index contributed by atoms with van der Waals surface area (Å²) in [6, 6.07) is 9.46. The van der Waals surface area contributed by atoms with Crippen molar-refractivity contribution in [2.45, 2.75) is 6.92 Å². The zero-order valence-electron chi connectivity index (χ0n) is 16.1. The molecule has 0 atom stereocenters. The third kappa shape index (κ3) is 4.52. The van der Waals surface area contributed by atoms with Crippen molar-refractivity contribution >= 4 is 29.2 Å². The van der Waals surface area contributed by atoms with E-state index in [1.807, 2.05) is 13.0 Å². The zero-order valence-corrected chi connectivity index (χ0v) is 16.9. The maximum Gasteiger partial charge on any atom is 0.335 e. The Balaban J connectivity index is 1.94. The normalized spacial score (nSPS) is 10.9. The Bertz CT molecular complexity index is 1080. The Morgan fingerprint density at radius 1 is 1.03 bits per heavy atom. The van der Waals surface area contributed by atoms with Gasteiger partial charge in [-0.15, -0.1) is 11.3 Å². The van der Waals surface area contributed by atoms with E-state index in [-0.39, 0.29) is 11.3 Å². The van der Waals surface area contributed by atoms with Gasteiger partial charge in [0.15, 0.2) is 5.78 Å². The van der Waals surface area contributed by atoms with E-state index >= 15 is 0 Å². The van der Waals surface area contributed by atoms with Crippen LogP contribution in [0.4, 0.5) is 0 Å². The van der Waals surface area contributed by atoms with Crippen LogP contribution in [0.25, 0.3) is 16.5 Å². The van der Waals surface area contributed by atoms with Gasteiger partial charge in [-0.3, -0.25) is 4.79 Å². The molecule has 1 N–H and O–H groups in total. The van der Waals surface area contributed by atoms with Gasteiger partial charge < -0.3 is 14.6 Å². The van der Waals surface area contributed by atoms with E-state index in [4.69, 9.17) is 14.6 Å². The molecule has 0 bridgehead atoms. The molecule has 2 aromatic carbocycles. The lowest BCUT2D eigenvalue weighted by Crippen LogP contribution is -1.99. The monoisotopic (exact) mass is 409 g/mol. The minimum atomic E-state index is -1.03. The number of hydrogen-bond donors (Lipinski definition) is 1. The number of nitrogens with zero attached hydrogens (tertiary/aromatic N) is 1. The molecule has 3 aromatic rings. The van der Waals surface area contributed by atoms with Crippen molar-refractivity contribution < 1.29 is 24.2 Å². The Morgan fingerprint density at radius 3 is 2.24 bits per heavy atom. The van der Waals surface area contributed by atoms with Crippen LogP contribution >= 0.6 is 11.3 Å². The second-order valence-electron chi connectivity index (χ2n) is 6.12. The maximum absolute atomic E-state index is 12.5. The maximum atomic E-state index is 12.5. The fraction of sp³-hybridized carbons (Fsp3) is 0.136. The van der Waals surface area contributed by atoms with E-state index in [2.05, 4.69) is 4.98 Å². The smallest absolute Gasteiger partial charge is 0.335 e. The van der Waals surface area contributed by atoms with Crippen LogP contribution < -0.4 is 9.47 Å². The quantitative estimate of drug-likeness (QED) is 0.448. The molecule has 0 saturated heterocycles. The van der Waals surface area contributed by atoms with Gasteiger partial charge in [0.25, 0.3) is 0 Å². The van der Waals surface area contributed by atoms with Crippen LogP contribution in [-0.4, -0.2) is 36.1 Å². The van der Waals surface area contributed by atoms with E-state index in [1.165, 1.54) is 30.3 Å². The van der Waals surface area contributed by atoms with E-state index in [1.54, 1.807) is 43.9 Å². The van der Waals surface area contributed by atoms with Crippen LogP contribution in [0.1, 0.15) is 31.3 Å². The van der Waals surface area contributed by atoms with Crippen molar-refractivity contribution in [3.63, 3.8) is 0 Å². The molecule has 148 valence electrons. The third-order valence-electron chi connectivity index (χ3n) is 4.27. The molecule has 0 aliphatic carbocycles. The fourth-order valence-electron chi connectivity index (χ4n) is 2.77. The summed E-state index contributed by atoms with van der Waals surface area (Å²) in [6.07, 6.45) is 4.89. The van der Waals surface area contributed by atoms with Crippen LogP contribution in [0.3, 0.4) is 0 Å². The zero-order chi connectivity index (χ0) is 21.0. The molecule has 0 spiro atoms. The highest BCUT2D eigenvalue weighted by atomic mass is 32.1. The summed E-state index contributed by atoms with van der Waals surface area (Å²) in [4.78, 5) is 28.7. The van der Waals surface area contributed by atoms with Crippen LogP contribution in [0.15, 0.2) is 48.7 Å². The number of ketones is 1. The Labute approximate surface area is 172 Å². The number of rotatable bonds is 7. The molecule has 0 unspecified atom stereocenters. The highest BCUT2D eigenvalue weighted by molar-refractivity contribution is 7.15. The number of methoxy groups -OCH3 is 2. The fourth-order valence-corrected chi connectivity index (χ4v) is 3.57. The van der Waals surface area contributed by atoms with Crippen molar-refractivity contribution in [3.8, 4) is 21.9 Å². The molecule has 29 heavy (non-hydrogen) atoms. The van der Waals surface area contributed by atoms with Gasteiger partial charge in [0, 0.05) is 29.0 Å². The summed E-state index contributed by atoms with van der Waals surface area (Å²) >= 11 is 1.55. The number of aromatic carboxylic acids is 1. The summed E-state index contributed by atoms with van der Waals surface area (Å²) in [7, 11) is 3.14. The van der Waals surface area contributed by atoms with Crippen LogP contribution in [-0.2, 0) is 0 Å². The summed E-state index contributed by atoms with van der Waals surface area (Å²) in [5.41, 5.74) is 2.10. The number of hydrogen-bond acceptors (Lipinski definition) is 6. The predicted octanol–water partition coefficient (Wildman–Crippen LogP) is 4.73. The number of carbonyl (C=O) groups excluding carboxylic acids is 1. The lowest BCUT2D eigenvalue weighted by atomic mass is 10.0. The number of thiazole rings is 1. The molecule has 3 rings (SSSR count). The minimum absolute atomic E-state index is 0.131. The highest BCUT2D eigenvalue weighted by Crippen LogP contribution is 2.39. The van der Waals surface area contributed by atoms with Crippen LogP contribution in [0.5, 0.6) is 11.5 Å². The van der Waals surface area contributed by atoms with Crippen molar-refractivity contribution in [1.29, 1.82) is 0 Å². The molecule has 0 aliphatic heterocycles. The predicted molar refractivity (Wildman–Crippen MR) is 112 cm³/mol. The molecule has 1 aromatic heterocycles. The first kappa shape index (κ1) is 20.3. The lowest BCUT2D eigenvalue weighted by Gasteiger charge is -2.12. The standard InChI is InChI=1S/C22H19NO5S/c1-13-23-12-21(29-13)17-10-16(19(27-2)11-20(17)28-3)8-9-18(24)14-4-6-15(7-5-14)22(25)26/h4-12H,1-3H3,(H,25,26)/b9-8+. The molecule has 0 fully saturated rings. The Morgan fingerprint density at radius 2 is 1.69 bits per heavy atom. The van der Waals surface area contributed by atoms with Gasteiger partial charge in [-0.25, -0.2) is 9.78 Å². The van der Waals surface area contributed by atoms with E-state index in [9.17, 15) is 9.59 Å². The Hall–Kier alpha value is -3.45. The number of ether oxygens (including phenoxy) is 2. The Kier molecular flexibility index (Phi) is 6.09. The molecular formula is C22H19NO5S. The van der Waals surface area contributed by atoms with Gasteiger partial charge in [-0.2, -0.15) is 0 Å². The van der Waals surface area contributed by atoms with Crippen LogP contribution in [0.2, 0.25) is 0 Å². The van der Waals surface area contributed by atoms with E-state index < -0.39 is 5.97 Å². The highest BCUT2D eigenvalue weighted by Gasteiger charge is 2.14. The second kappa shape index (κ2) is 8.70. The molecule has 1 heterocycles. The third-order valence-corrected chi connectivity index (χ3v) is 5.22. The van der Waals surface area contributed by atoms with Crippen LogP contribution in [0, 0.1) is 6.92 Å². The van der Waals surface area contributed by atoms with Gasteiger partial charge in [0.1, 0.15) is 11.5 Å². The average molecular weight is 409 g/mol. The van der Waals surface area contributed by atoms with Crippen molar-refractivity contribution in [2.24, 2.45) is 0 Å². The summed E-state index contributed by atoms with van der Waals surface area (Å²) in [5, 5.41) is 9.90. The lowest BCUT2D eigenvalue weighted by molar-refractivity contribution is 0.0696. The number of benzene rings is 2. The van der Waals surface area contributed by atoms with Gasteiger partial charge in [0.05, 0.1) is 29.7 Å². The van der Waals surface area contributed by atoms with Gasteiger partial charge in [0.2, 0.25) is 0 Å². The van der Waals surface area contributed by atoms with Crippen molar-refractivity contribution in [1.82, 2.24) is 4.98 Å². The number of aromatic nitrogens is 1. The van der Waals surface area contributed by atoms with E-state index in [0.29, 0.717) is 22.6 Å². The average Bonchev–Trinajstić information content (AvgIpc) is 3.17. The number of allylic oxidation sites excluding steroid dienone is 1. The largest absolute Gasteiger partial charge is 0.496 e.